The summed E-state index contributed by atoms with van der Waals surface area (Å²) < 4.78 is 11.1. The number of ether oxygens (including phenoxy) is 2. The summed E-state index contributed by atoms with van der Waals surface area (Å²) in [6.45, 7) is 4.23. The Labute approximate surface area is 114 Å². The molecule has 1 heterocycles. The van der Waals surface area contributed by atoms with E-state index in [9.17, 15) is 5.26 Å². The van der Waals surface area contributed by atoms with Gasteiger partial charge in [0.2, 0.25) is 0 Å². The first-order chi connectivity index (χ1) is 9.26. The predicted molar refractivity (Wildman–Crippen MR) is 73.3 cm³/mol. The van der Waals surface area contributed by atoms with Gasteiger partial charge in [0, 0.05) is 0 Å². The standard InChI is InChI=1S/C15H20N2O2/c1-3-4-7-17(2)13(11-16)12-5-6-14-15(10-12)19-9-8-18-14/h5-6,10,13H,3-4,7-9H2,1-2H3. The lowest BCUT2D eigenvalue weighted by Gasteiger charge is -2.24. The van der Waals surface area contributed by atoms with Crippen LogP contribution in [-0.2, 0) is 0 Å². The molecule has 0 spiro atoms. The Bertz CT molecular complexity index is 468. The number of unbranched alkanes of at least 4 members (excludes halogenated alkanes) is 1. The van der Waals surface area contributed by atoms with Crippen molar-refractivity contribution in [3.05, 3.63) is 23.8 Å². The number of nitrogens with zero attached hydrogens (tertiary/aromatic N) is 2. The molecule has 0 saturated heterocycles. The van der Waals surface area contributed by atoms with Crippen molar-refractivity contribution in [3.63, 3.8) is 0 Å². The van der Waals surface area contributed by atoms with Crippen LogP contribution >= 0.6 is 0 Å². The van der Waals surface area contributed by atoms with Gasteiger partial charge in [0.15, 0.2) is 11.5 Å². The molecule has 4 nitrogen and oxygen atoms in total. The van der Waals surface area contributed by atoms with Crippen LogP contribution in [0.15, 0.2) is 18.2 Å². The zero-order valence-corrected chi connectivity index (χ0v) is 11.6. The molecular formula is C15H20N2O2. The first kappa shape index (κ1) is 13.7. The summed E-state index contributed by atoms with van der Waals surface area (Å²) in [5.74, 6) is 1.51. The van der Waals surface area contributed by atoms with Crippen molar-refractivity contribution in [1.82, 2.24) is 4.90 Å². The fourth-order valence-corrected chi connectivity index (χ4v) is 2.19. The maximum atomic E-state index is 9.39. The molecule has 1 aromatic rings. The average molecular weight is 260 g/mol. The van der Waals surface area contributed by atoms with Gasteiger partial charge in [-0.2, -0.15) is 5.26 Å². The molecule has 0 N–H and O–H groups in total. The highest BCUT2D eigenvalue weighted by Crippen LogP contribution is 2.33. The molecule has 0 radical (unpaired) electrons. The van der Waals surface area contributed by atoms with Crippen molar-refractivity contribution in [1.29, 1.82) is 5.26 Å². The van der Waals surface area contributed by atoms with Crippen LogP contribution in [0.25, 0.3) is 0 Å². The van der Waals surface area contributed by atoms with E-state index in [4.69, 9.17) is 9.47 Å². The van der Waals surface area contributed by atoms with Gasteiger partial charge in [-0.05, 0) is 37.7 Å². The van der Waals surface area contributed by atoms with Crippen molar-refractivity contribution >= 4 is 0 Å². The minimum Gasteiger partial charge on any atom is -0.486 e. The molecule has 1 atom stereocenters. The Morgan fingerprint density at radius 3 is 2.74 bits per heavy atom. The van der Waals surface area contributed by atoms with Crippen LogP contribution in [0.5, 0.6) is 11.5 Å². The third-order valence-corrected chi connectivity index (χ3v) is 3.31. The van der Waals surface area contributed by atoms with Crippen LogP contribution in [0.4, 0.5) is 0 Å². The Hall–Kier alpha value is -1.73. The van der Waals surface area contributed by atoms with Gasteiger partial charge in [-0.25, -0.2) is 0 Å². The zero-order valence-electron chi connectivity index (χ0n) is 11.6. The van der Waals surface area contributed by atoms with E-state index in [-0.39, 0.29) is 6.04 Å². The second-order valence-electron chi connectivity index (χ2n) is 4.77. The molecule has 0 aromatic heterocycles. The van der Waals surface area contributed by atoms with E-state index >= 15 is 0 Å². The number of rotatable bonds is 5. The number of hydrogen-bond acceptors (Lipinski definition) is 4. The monoisotopic (exact) mass is 260 g/mol. The second kappa shape index (κ2) is 6.44. The summed E-state index contributed by atoms with van der Waals surface area (Å²) in [6, 6.07) is 7.89. The Morgan fingerprint density at radius 2 is 2.05 bits per heavy atom. The molecule has 102 valence electrons. The number of benzene rings is 1. The molecule has 4 heteroatoms. The van der Waals surface area contributed by atoms with Gasteiger partial charge in [0.25, 0.3) is 0 Å². The van der Waals surface area contributed by atoms with E-state index in [1.807, 2.05) is 25.2 Å². The Morgan fingerprint density at radius 1 is 1.32 bits per heavy atom. The normalized spacial score (nSPS) is 15.1. The molecule has 0 amide bonds. The van der Waals surface area contributed by atoms with Gasteiger partial charge in [-0.3, -0.25) is 4.90 Å². The van der Waals surface area contributed by atoms with Gasteiger partial charge in [-0.15, -0.1) is 0 Å². The van der Waals surface area contributed by atoms with E-state index in [2.05, 4.69) is 17.9 Å². The number of hydrogen-bond donors (Lipinski definition) is 0. The van der Waals surface area contributed by atoms with Crippen molar-refractivity contribution in [2.24, 2.45) is 0 Å². The van der Waals surface area contributed by atoms with Crippen LogP contribution in [0.1, 0.15) is 31.4 Å². The maximum absolute atomic E-state index is 9.39. The molecule has 1 aliphatic rings. The topological polar surface area (TPSA) is 45.5 Å². The van der Waals surface area contributed by atoms with E-state index in [1.54, 1.807) is 0 Å². The third-order valence-electron chi connectivity index (χ3n) is 3.31. The lowest BCUT2D eigenvalue weighted by atomic mass is 10.1. The van der Waals surface area contributed by atoms with E-state index in [0.717, 1.165) is 36.4 Å². The molecule has 1 unspecified atom stereocenters. The first-order valence-corrected chi connectivity index (χ1v) is 6.75. The Kier molecular flexibility index (Phi) is 4.64. The fraction of sp³-hybridized carbons (Fsp3) is 0.533. The molecule has 0 fully saturated rings. The van der Waals surface area contributed by atoms with Crippen molar-refractivity contribution in [3.8, 4) is 17.6 Å². The Balaban J connectivity index is 2.17. The highest BCUT2D eigenvalue weighted by atomic mass is 16.6. The average Bonchev–Trinajstić information content (AvgIpc) is 2.45. The molecular weight excluding hydrogens is 240 g/mol. The second-order valence-corrected chi connectivity index (χ2v) is 4.77. The minimum absolute atomic E-state index is 0.234. The van der Waals surface area contributed by atoms with Crippen LogP contribution in [0.3, 0.4) is 0 Å². The predicted octanol–water partition coefficient (Wildman–Crippen LogP) is 2.75. The molecule has 1 aliphatic heterocycles. The van der Waals surface area contributed by atoms with Crippen LogP contribution in [-0.4, -0.2) is 31.7 Å². The van der Waals surface area contributed by atoms with E-state index < -0.39 is 0 Å². The van der Waals surface area contributed by atoms with Crippen molar-refractivity contribution in [2.45, 2.75) is 25.8 Å². The molecule has 0 saturated carbocycles. The van der Waals surface area contributed by atoms with Gasteiger partial charge in [-0.1, -0.05) is 19.4 Å². The largest absolute Gasteiger partial charge is 0.486 e. The van der Waals surface area contributed by atoms with E-state index in [1.165, 1.54) is 0 Å². The quantitative estimate of drug-likeness (QED) is 0.816. The van der Waals surface area contributed by atoms with Crippen LogP contribution < -0.4 is 9.47 Å². The van der Waals surface area contributed by atoms with Crippen LogP contribution in [0.2, 0.25) is 0 Å². The molecule has 0 aliphatic carbocycles. The SMILES string of the molecule is CCCCN(C)C(C#N)c1ccc2c(c1)OCCO2. The first-order valence-electron chi connectivity index (χ1n) is 6.75. The van der Waals surface area contributed by atoms with Gasteiger partial charge in [0.1, 0.15) is 19.3 Å². The summed E-state index contributed by atoms with van der Waals surface area (Å²) in [5.41, 5.74) is 0.963. The minimum atomic E-state index is -0.234. The van der Waals surface area contributed by atoms with Gasteiger partial charge >= 0.3 is 0 Å². The number of nitriles is 1. The molecule has 0 bridgehead atoms. The van der Waals surface area contributed by atoms with Crippen molar-refractivity contribution in [2.75, 3.05) is 26.8 Å². The lowest BCUT2D eigenvalue weighted by molar-refractivity contribution is 0.171. The maximum Gasteiger partial charge on any atom is 0.161 e. The van der Waals surface area contributed by atoms with Crippen LogP contribution in [0, 0.1) is 11.3 Å². The van der Waals surface area contributed by atoms with Gasteiger partial charge < -0.3 is 9.47 Å². The fourth-order valence-electron chi connectivity index (χ4n) is 2.19. The molecule has 19 heavy (non-hydrogen) atoms. The lowest BCUT2D eigenvalue weighted by Crippen LogP contribution is -2.25. The van der Waals surface area contributed by atoms with Gasteiger partial charge in [0.05, 0.1) is 6.07 Å². The van der Waals surface area contributed by atoms with E-state index in [0.29, 0.717) is 13.2 Å². The molecule has 2 rings (SSSR count). The highest BCUT2D eigenvalue weighted by Gasteiger charge is 2.19. The highest BCUT2D eigenvalue weighted by molar-refractivity contribution is 5.45. The summed E-state index contributed by atoms with van der Waals surface area (Å²) in [6.07, 6.45) is 2.23. The summed E-state index contributed by atoms with van der Waals surface area (Å²) >= 11 is 0. The summed E-state index contributed by atoms with van der Waals surface area (Å²) in [4.78, 5) is 2.08. The smallest absolute Gasteiger partial charge is 0.161 e. The molecule has 1 aromatic carbocycles. The number of fused-ring (bicyclic) bond motifs is 1. The summed E-state index contributed by atoms with van der Waals surface area (Å²) in [5, 5.41) is 9.39. The third kappa shape index (κ3) is 3.18. The zero-order chi connectivity index (χ0) is 13.7. The summed E-state index contributed by atoms with van der Waals surface area (Å²) in [7, 11) is 1.99. The van der Waals surface area contributed by atoms with Crippen molar-refractivity contribution < 1.29 is 9.47 Å².